The van der Waals surface area contributed by atoms with Crippen LogP contribution in [0.4, 0.5) is 0 Å². The molecule has 102 heavy (non-hydrogen) atoms. The largest absolute Gasteiger partial charge is 0.472 e. The molecule has 17 nitrogen and oxygen atoms in total. The first kappa shape index (κ1) is 97.5. The van der Waals surface area contributed by atoms with Crippen LogP contribution in [-0.4, -0.2) is 96.7 Å². The van der Waals surface area contributed by atoms with Gasteiger partial charge in [-0.25, -0.2) is 9.13 Å². The Hall–Kier alpha value is -4.54. The SMILES string of the molecule is CC/C=C\C/C=C\C/C=C\C/C=C\CCCCCCC(=O)OCC(COP(=O)(O)OCC(O)COP(=O)(O)OCC(COC(=O)CCCCCCCCC/C=C\C/C=C\C/C=C\CC)OC(=O)CCCCCCC/C=C\CCCCCC)OC(=O)CCCCCCC/C=C\C/C=C\CCCCC. The van der Waals surface area contributed by atoms with E-state index in [9.17, 15) is 43.2 Å². The van der Waals surface area contributed by atoms with E-state index in [2.05, 4.69) is 149 Å². The third-order valence-corrected chi connectivity index (χ3v) is 18.3. The van der Waals surface area contributed by atoms with Crippen LogP contribution in [0.1, 0.15) is 323 Å². The summed E-state index contributed by atoms with van der Waals surface area (Å²) in [5, 5.41) is 10.6. The first-order valence-electron chi connectivity index (χ1n) is 39.8. The third-order valence-electron chi connectivity index (χ3n) is 16.4. The maximum atomic E-state index is 13.1. The lowest BCUT2D eigenvalue weighted by molar-refractivity contribution is -0.161. The molecule has 3 N–H and O–H groups in total. The molecule has 0 saturated heterocycles. The smallest absolute Gasteiger partial charge is 0.462 e. The summed E-state index contributed by atoms with van der Waals surface area (Å²) in [6, 6.07) is 0. The van der Waals surface area contributed by atoms with Gasteiger partial charge in [0.05, 0.1) is 26.4 Å². The van der Waals surface area contributed by atoms with Gasteiger partial charge < -0.3 is 33.8 Å². The number of aliphatic hydroxyl groups excluding tert-OH is 1. The van der Waals surface area contributed by atoms with Crippen LogP contribution in [0.5, 0.6) is 0 Å². The van der Waals surface area contributed by atoms with E-state index in [0.29, 0.717) is 25.7 Å². The number of unbranched alkanes of at least 4 members (excludes halogenated alkanes) is 28. The van der Waals surface area contributed by atoms with E-state index in [1.165, 1.54) is 44.9 Å². The van der Waals surface area contributed by atoms with Gasteiger partial charge in [-0.15, -0.1) is 0 Å². The number of aliphatic hydroxyl groups is 1. The minimum absolute atomic E-state index is 0.0713. The monoisotopic (exact) mass is 1470 g/mol. The van der Waals surface area contributed by atoms with E-state index in [-0.39, 0.29) is 25.7 Å². The summed E-state index contributed by atoms with van der Waals surface area (Å²) in [5.74, 6) is -2.23. The van der Waals surface area contributed by atoms with Crippen molar-refractivity contribution < 1.29 is 80.2 Å². The summed E-state index contributed by atoms with van der Waals surface area (Å²) in [6.45, 7) is 4.57. The van der Waals surface area contributed by atoms with Gasteiger partial charge in [0, 0.05) is 25.7 Å². The lowest BCUT2D eigenvalue weighted by atomic mass is 10.1. The predicted octanol–water partition coefficient (Wildman–Crippen LogP) is 23.1. The van der Waals surface area contributed by atoms with Crippen molar-refractivity contribution >= 4 is 39.5 Å². The van der Waals surface area contributed by atoms with E-state index in [0.717, 1.165) is 199 Å². The average molecular weight is 1470 g/mol. The van der Waals surface area contributed by atoms with Crippen LogP contribution >= 0.6 is 15.6 Å². The number of phosphoric acid groups is 2. The lowest BCUT2D eigenvalue weighted by Crippen LogP contribution is -2.30. The molecule has 0 saturated carbocycles. The normalized spacial score (nSPS) is 14.5. The first-order valence-corrected chi connectivity index (χ1v) is 42.8. The fourth-order valence-electron chi connectivity index (χ4n) is 10.4. The summed E-state index contributed by atoms with van der Waals surface area (Å²) >= 11 is 0. The van der Waals surface area contributed by atoms with Gasteiger partial charge in [-0.2, -0.15) is 0 Å². The molecule has 0 radical (unpaired) electrons. The molecular formula is C83H142O17P2. The van der Waals surface area contributed by atoms with Gasteiger partial charge in [0.1, 0.15) is 19.3 Å². The Balaban J connectivity index is 5.39. The highest BCUT2D eigenvalue weighted by Crippen LogP contribution is 2.45. The van der Waals surface area contributed by atoms with Crippen LogP contribution in [0.25, 0.3) is 0 Å². The highest BCUT2D eigenvalue weighted by Gasteiger charge is 2.30. The van der Waals surface area contributed by atoms with E-state index >= 15 is 0 Å². The topological polar surface area (TPSA) is 237 Å². The molecule has 19 heteroatoms. The van der Waals surface area contributed by atoms with Crippen LogP contribution in [0.15, 0.2) is 122 Å². The number of carbonyl (C=O) groups is 4. The Labute approximate surface area is 619 Å². The van der Waals surface area contributed by atoms with E-state index in [1.54, 1.807) is 0 Å². The summed E-state index contributed by atoms with van der Waals surface area (Å²) < 4.78 is 68.6. The summed E-state index contributed by atoms with van der Waals surface area (Å²) in [5.41, 5.74) is 0. The molecular weight excluding hydrogens is 1330 g/mol. The molecule has 0 aliphatic heterocycles. The zero-order valence-corrected chi connectivity index (χ0v) is 65.8. The zero-order valence-electron chi connectivity index (χ0n) is 64.0. The second kappa shape index (κ2) is 74.7. The van der Waals surface area contributed by atoms with Crippen molar-refractivity contribution in [1.82, 2.24) is 0 Å². The van der Waals surface area contributed by atoms with Crippen LogP contribution in [0, 0.1) is 0 Å². The van der Waals surface area contributed by atoms with Gasteiger partial charge in [0.15, 0.2) is 12.2 Å². The maximum Gasteiger partial charge on any atom is 0.472 e. The molecule has 0 heterocycles. The molecule has 586 valence electrons. The van der Waals surface area contributed by atoms with E-state index < -0.39 is 97.5 Å². The molecule has 0 aromatic heterocycles. The number of esters is 4. The van der Waals surface area contributed by atoms with Crippen LogP contribution in [0.3, 0.4) is 0 Å². The molecule has 0 aromatic rings. The van der Waals surface area contributed by atoms with Crippen molar-refractivity contribution in [1.29, 1.82) is 0 Å². The quantitative estimate of drug-likeness (QED) is 0.0169. The Bertz CT molecular complexity index is 2410. The van der Waals surface area contributed by atoms with Gasteiger partial charge in [0.25, 0.3) is 0 Å². The fourth-order valence-corrected chi connectivity index (χ4v) is 11.9. The van der Waals surface area contributed by atoms with Crippen molar-refractivity contribution in [3.63, 3.8) is 0 Å². The van der Waals surface area contributed by atoms with Gasteiger partial charge in [-0.05, 0) is 154 Å². The van der Waals surface area contributed by atoms with Gasteiger partial charge in [-0.3, -0.25) is 37.3 Å². The second-order valence-electron chi connectivity index (χ2n) is 26.2. The van der Waals surface area contributed by atoms with Gasteiger partial charge in [0.2, 0.25) is 0 Å². The predicted molar refractivity (Wildman–Crippen MR) is 418 cm³/mol. The standard InChI is InChI=1S/C83H142O17P2/c1-5-9-13-17-21-25-29-33-36-38-41-44-47-51-55-59-63-67-80(85)93-73-78(99-82(87)69-65-61-57-53-49-43-32-28-24-20-16-12-8-4)75-97-101(89,90)95-71-77(84)72-96-102(91,92)98-76-79(100-83(88)70-66-62-58-54-50-46-40-35-31-27-23-19-15-11-7-3)74-94-81(86)68-64-60-56-52-48-45-42-39-37-34-30-26-22-18-14-10-6-2/h9-10,13-14,21-23,25-28,32-37,40,42,45,77-79,84H,5-8,11-12,15-20,24,29-31,38-39,41,43-44,46-76H2,1-4H3,(H,89,90)(H,91,92)/b13-9-,14-10-,25-21-,26-22-,27-23-,32-28-,36-33-,37-34-,40-35-,45-42-. The minimum Gasteiger partial charge on any atom is -0.462 e. The zero-order chi connectivity index (χ0) is 74.6. The minimum atomic E-state index is -4.99. The van der Waals surface area contributed by atoms with Crippen molar-refractivity contribution in [3.05, 3.63) is 122 Å². The third kappa shape index (κ3) is 73.8. The Morgan fingerprint density at radius 1 is 0.284 bits per heavy atom. The molecule has 0 aromatic carbocycles. The molecule has 5 unspecified atom stereocenters. The first-order chi connectivity index (χ1) is 49.7. The summed E-state index contributed by atoms with van der Waals surface area (Å²) in [6.07, 6.45) is 81.7. The molecule has 0 aliphatic carbocycles. The maximum absolute atomic E-state index is 13.1. The second-order valence-corrected chi connectivity index (χ2v) is 29.1. The molecule has 0 amide bonds. The van der Waals surface area contributed by atoms with E-state index in [4.69, 9.17) is 37.0 Å². The average Bonchev–Trinajstić information content (AvgIpc) is 0.939. The number of allylic oxidation sites excluding steroid dienone is 20. The highest BCUT2D eigenvalue weighted by molar-refractivity contribution is 7.47. The van der Waals surface area contributed by atoms with Crippen molar-refractivity contribution in [3.8, 4) is 0 Å². The number of hydrogen-bond donors (Lipinski definition) is 3. The number of phosphoric ester groups is 2. The van der Waals surface area contributed by atoms with Crippen molar-refractivity contribution in [2.45, 2.75) is 341 Å². The van der Waals surface area contributed by atoms with Crippen LogP contribution in [0.2, 0.25) is 0 Å². The molecule has 0 fully saturated rings. The van der Waals surface area contributed by atoms with E-state index in [1.807, 2.05) is 0 Å². The molecule has 0 rings (SSSR count). The van der Waals surface area contributed by atoms with Crippen molar-refractivity contribution in [2.75, 3.05) is 39.6 Å². The number of hydrogen-bond acceptors (Lipinski definition) is 15. The van der Waals surface area contributed by atoms with Crippen molar-refractivity contribution in [2.24, 2.45) is 0 Å². The number of rotatable bonds is 74. The van der Waals surface area contributed by atoms with Crippen LogP contribution in [-0.2, 0) is 65.4 Å². The Kier molecular flexibility index (Phi) is 71.4. The molecule has 5 atom stereocenters. The highest BCUT2D eigenvalue weighted by atomic mass is 31.2. The number of carbonyl (C=O) groups excluding carboxylic acids is 4. The Morgan fingerprint density at radius 3 is 0.814 bits per heavy atom. The lowest BCUT2D eigenvalue weighted by Gasteiger charge is -2.21. The van der Waals surface area contributed by atoms with Gasteiger partial charge in [-0.1, -0.05) is 265 Å². The summed E-state index contributed by atoms with van der Waals surface area (Å²) in [7, 11) is -9.97. The molecule has 0 spiro atoms. The number of ether oxygens (including phenoxy) is 4. The Morgan fingerprint density at radius 2 is 0.510 bits per heavy atom. The van der Waals surface area contributed by atoms with Crippen LogP contribution < -0.4 is 0 Å². The summed E-state index contributed by atoms with van der Waals surface area (Å²) in [4.78, 5) is 73.0. The fraction of sp³-hybridized carbons (Fsp3) is 0.711. The van der Waals surface area contributed by atoms with Gasteiger partial charge >= 0.3 is 39.5 Å². The molecule has 0 bridgehead atoms. The molecule has 0 aliphatic rings.